The second-order valence-corrected chi connectivity index (χ2v) is 5.96. The van der Waals surface area contributed by atoms with E-state index >= 15 is 0 Å². The fourth-order valence-electron chi connectivity index (χ4n) is 1.16. The summed E-state index contributed by atoms with van der Waals surface area (Å²) < 4.78 is 40.6. The van der Waals surface area contributed by atoms with Gasteiger partial charge in [0.1, 0.15) is 18.2 Å². The largest absolute Gasteiger partial charge is 0.485 e. The number of nitrogens with two attached hydrogens (primary N) is 1. The summed E-state index contributed by atoms with van der Waals surface area (Å²) in [6.45, 7) is -0.217. The third-order valence-corrected chi connectivity index (χ3v) is 3.44. The average Bonchev–Trinajstić information content (AvgIpc) is 2.26. The van der Waals surface area contributed by atoms with Gasteiger partial charge in [-0.25, -0.2) is 12.8 Å². The van der Waals surface area contributed by atoms with Gasteiger partial charge in [0.2, 0.25) is 0 Å². The second kappa shape index (κ2) is 6.17. The number of halogens is 2. The van der Waals surface area contributed by atoms with Crippen LogP contribution in [0, 0.1) is 0 Å². The second-order valence-electron chi connectivity index (χ2n) is 3.54. The highest BCUT2D eigenvalue weighted by molar-refractivity contribution is 7.90. The van der Waals surface area contributed by atoms with E-state index in [2.05, 4.69) is 0 Å². The molecule has 0 saturated heterocycles. The summed E-state index contributed by atoms with van der Waals surface area (Å²) in [6.07, 6.45) is 2.25. The molecule has 0 amide bonds. The fraction of sp³-hybridized carbons (Fsp3) is 0.273. The number of sulfone groups is 1. The van der Waals surface area contributed by atoms with E-state index in [0.29, 0.717) is 0 Å². The van der Waals surface area contributed by atoms with E-state index < -0.39 is 15.7 Å². The smallest absolute Gasteiger partial charge is 0.175 e. The van der Waals surface area contributed by atoms with Crippen LogP contribution in [-0.2, 0) is 9.84 Å². The summed E-state index contributed by atoms with van der Waals surface area (Å²) in [4.78, 5) is 0.0813. The Bertz CT molecular complexity index is 557. The van der Waals surface area contributed by atoms with Crippen molar-refractivity contribution in [2.75, 3.05) is 19.4 Å². The molecule has 0 aliphatic rings. The van der Waals surface area contributed by atoms with Gasteiger partial charge in [0.15, 0.2) is 9.84 Å². The molecule has 1 rings (SSSR count). The quantitative estimate of drug-likeness (QED) is 0.900. The van der Waals surface area contributed by atoms with Gasteiger partial charge in [-0.05, 0) is 24.3 Å². The molecular weight excluding hydrogens is 281 g/mol. The lowest BCUT2D eigenvalue weighted by molar-refractivity contribution is 0.318. The lowest BCUT2D eigenvalue weighted by Crippen LogP contribution is -2.03. The van der Waals surface area contributed by atoms with Crippen LogP contribution in [0.15, 0.2) is 35.0 Å². The highest BCUT2D eigenvalue weighted by Crippen LogP contribution is 2.27. The van der Waals surface area contributed by atoms with Gasteiger partial charge in [-0.15, -0.1) is 0 Å². The van der Waals surface area contributed by atoms with Gasteiger partial charge in [0, 0.05) is 12.8 Å². The average molecular weight is 294 g/mol. The standard InChI is InChI=1S/C11H13ClFNO3S/c1-18(15,16)9-2-3-11(10(12)6-9)17-7-8(13)4-5-14/h2-4,6H,5,7,14H2,1H3/b8-4+. The number of rotatable bonds is 5. The SMILES string of the molecule is CS(=O)(=O)c1ccc(OC/C(F)=C\CN)c(Cl)c1. The van der Waals surface area contributed by atoms with Crippen LogP contribution in [0.2, 0.25) is 5.02 Å². The molecular formula is C11H13ClFNO3S. The summed E-state index contributed by atoms with van der Waals surface area (Å²) in [5.74, 6) is -0.301. The lowest BCUT2D eigenvalue weighted by atomic mass is 10.3. The molecule has 4 nitrogen and oxygen atoms in total. The Balaban J connectivity index is 2.84. The van der Waals surface area contributed by atoms with Crippen LogP contribution >= 0.6 is 11.6 Å². The van der Waals surface area contributed by atoms with Crippen molar-refractivity contribution in [2.45, 2.75) is 4.90 Å². The van der Waals surface area contributed by atoms with Gasteiger partial charge in [0.05, 0.1) is 9.92 Å². The Kier molecular flexibility index (Phi) is 5.13. The molecule has 0 fully saturated rings. The van der Waals surface area contributed by atoms with Crippen LogP contribution in [-0.4, -0.2) is 27.8 Å². The molecule has 0 spiro atoms. The maximum Gasteiger partial charge on any atom is 0.175 e. The number of hydrogen-bond donors (Lipinski definition) is 1. The first-order valence-electron chi connectivity index (χ1n) is 5.01. The topological polar surface area (TPSA) is 69.4 Å². The minimum atomic E-state index is -3.32. The first-order valence-corrected chi connectivity index (χ1v) is 7.28. The lowest BCUT2D eigenvalue weighted by Gasteiger charge is -2.08. The Morgan fingerprint density at radius 2 is 2.22 bits per heavy atom. The monoisotopic (exact) mass is 293 g/mol. The summed E-state index contributed by atoms with van der Waals surface area (Å²) >= 11 is 5.84. The van der Waals surface area contributed by atoms with Crippen molar-refractivity contribution < 1.29 is 17.5 Å². The van der Waals surface area contributed by atoms with Crippen LogP contribution in [0.1, 0.15) is 0 Å². The minimum absolute atomic E-state index is 0.0793. The maximum absolute atomic E-state index is 13.0. The van der Waals surface area contributed by atoms with E-state index in [1.807, 2.05) is 0 Å². The first kappa shape index (κ1) is 14.9. The molecule has 1 aromatic rings. The van der Waals surface area contributed by atoms with Crippen molar-refractivity contribution in [1.82, 2.24) is 0 Å². The van der Waals surface area contributed by atoms with Gasteiger partial charge in [-0.1, -0.05) is 11.6 Å². The Labute approximate surface area is 110 Å². The predicted molar refractivity (Wildman–Crippen MR) is 68.3 cm³/mol. The van der Waals surface area contributed by atoms with Crippen LogP contribution in [0.3, 0.4) is 0 Å². The first-order chi connectivity index (χ1) is 8.34. The van der Waals surface area contributed by atoms with Crippen LogP contribution in [0.5, 0.6) is 5.75 Å². The third kappa shape index (κ3) is 4.29. The summed E-state index contributed by atoms with van der Waals surface area (Å²) in [6, 6.07) is 3.99. The van der Waals surface area contributed by atoms with Gasteiger partial charge in [0.25, 0.3) is 0 Å². The number of hydrogen-bond acceptors (Lipinski definition) is 4. The van der Waals surface area contributed by atoms with Crippen molar-refractivity contribution in [3.63, 3.8) is 0 Å². The Hall–Kier alpha value is -1.11. The fourth-order valence-corrected chi connectivity index (χ4v) is 2.11. The van der Waals surface area contributed by atoms with E-state index in [4.69, 9.17) is 22.1 Å². The molecule has 0 saturated carbocycles. The number of benzene rings is 1. The Morgan fingerprint density at radius 1 is 1.56 bits per heavy atom. The van der Waals surface area contributed by atoms with Crippen molar-refractivity contribution >= 4 is 21.4 Å². The van der Waals surface area contributed by atoms with E-state index in [1.54, 1.807) is 0 Å². The molecule has 0 aliphatic carbocycles. The highest BCUT2D eigenvalue weighted by atomic mass is 35.5. The molecule has 0 radical (unpaired) electrons. The zero-order valence-corrected chi connectivity index (χ0v) is 11.3. The van der Waals surface area contributed by atoms with Crippen molar-refractivity contribution in [1.29, 1.82) is 0 Å². The van der Waals surface area contributed by atoms with Crippen molar-refractivity contribution in [3.8, 4) is 5.75 Å². The van der Waals surface area contributed by atoms with E-state index in [9.17, 15) is 12.8 Å². The molecule has 0 bridgehead atoms. The molecule has 0 heterocycles. The summed E-state index contributed by atoms with van der Waals surface area (Å²) in [5, 5.41) is 0.110. The zero-order valence-electron chi connectivity index (χ0n) is 9.69. The number of ether oxygens (including phenoxy) is 1. The van der Waals surface area contributed by atoms with Gasteiger partial charge in [-0.2, -0.15) is 0 Å². The normalized spacial score (nSPS) is 12.6. The molecule has 7 heteroatoms. The van der Waals surface area contributed by atoms with Crippen molar-refractivity contribution in [3.05, 3.63) is 35.1 Å². The maximum atomic E-state index is 13.0. The van der Waals surface area contributed by atoms with E-state index in [1.165, 1.54) is 24.3 Å². The third-order valence-electron chi connectivity index (χ3n) is 2.04. The van der Waals surface area contributed by atoms with E-state index in [0.717, 1.165) is 6.26 Å². The molecule has 1 aromatic carbocycles. The van der Waals surface area contributed by atoms with Crippen LogP contribution < -0.4 is 10.5 Å². The van der Waals surface area contributed by atoms with Gasteiger partial charge in [-0.3, -0.25) is 0 Å². The molecule has 2 N–H and O–H groups in total. The van der Waals surface area contributed by atoms with Crippen molar-refractivity contribution in [2.24, 2.45) is 5.73 Å². The van der Waals surface area contributed by atoms with Gasteiger partial charge >= 0.3 is 0 Å². The molecule has 0 unspecified atom stereocenters. The van der Waals surface area contributed by atoms with E-state index in [-0.39, 0.29) is 28.8 Å². The Morgan fingerprint density at radius 3 is 2.72 bits per heavy atom. The highest BCUT2D eigenvalue weighted by Gasteiger charge is 2.11. The predicted octanol–water partition coefficient (Wildman–Crippen LogP) is 1.93. The van der Waals surface area contributed by atoms with Gasteiger partial charge < -0.3 is 10.5 Å². The van der Waals surface area contributed by atoms with Crippen LogP contribution in [0.4, 0.5) is 4.39 Å². The molecule has 0 aliphatic heterocycles. The summed E-state index contributed by atoms with van der Waals surface area (Å²) in [7, 11) is -3.32. The molecule has 0 aromatic heterocycles. The molecule has 18 heavy (non-hydrogen) atoms. The van der Waals surface area contributed by atoms with Crippen LogP contribution in [0.25, 0.3) is 0 Å². The molecule has 0 atom stereocenters. The minimum Gasteiger partial charge on any atom is -0.485 e. The summed E-state index contributed by atoms with van der Waals surface area (Å²) in [5.41, 5.74) is 5.13. The zero-order chi connectivity index (χ0) is 13.8. The molecule has 100 valence electrons.